The van der Waals surface area contributed by atoms with Gasteiger partial charge < -0.3 is 14.5 Å². The Morgan fingerprint density at radius 2 is 1.14 bits per heavy atom. The number of hydrogen-bond donors (Lipinski definition) is 2. The maximum atomic E-state index is 12.0. The Morgan fingerprint density at radius 1 is 0.643 bits per heavy atom. The number of carbonyl (C=O) groups is 2. The van der Waals surface area contributed by atoms with Gasteiger partial charge in [-0.25, -0.2) is 9.03 Å². The zero-order valence-electron chi connectivity index (χ0n) is 31.7. The molecule has 56 heavy (non-hydrogen) atoms. The molecule has 0 radical (unpaired) electrons. The molecule has 2 aliphatic carbocycles. The van der Waals surface area contributed by atoms with E-state index in [2.05, 4.69) is 101 Å². The number of hydrogen-bond acceptors (Lipinski definition) is 10. The highest BCUT2D eigenvalue weighted by Crippen LogP contribution is 2.31. The summed E-state index contributed by atoms with van der Waals surface area (Å²) in [6.45, 7) is 8.86. The number of amides is 2. The fourth-order valence-corrected chi connectivity index (χ4v) is 7.18. The van der Waals surface area contributed by atoms with Crippen molar-refractivity contribution < 1.29 is 14.3 Å². The first-order valence-corrected chi connectivity index (χ1v) is 19.7. The fraction of sp³-hybridized carbons (Fsp3) is 0.381. The number of rotatable bonds is 9. The molecule has 4 aromatic heterocycles. The van der Waals surface area contributed by atoms with Crippen molar-refractivity contribution in [2.45, 2.75) is 32.2 Å². The van der Waals surface area contributed by atoms with Crippen molar-refractivity contribution in [1.29, 1.82) is 0 Å². The molecule has 2 saturated carbocycles. The minimum absolute atomic E-state index is 0.0160. The Bertz CT molecular complexity index is 2320. The number of anilines is 3. The van der Waals surface area contributed by atoms with Gasteiger partial charge in [0.15, 0.2) is 11.3 Å². The second-order valence-corrected chi connectivity index (χ2v) is 15.2. The smallest absolute Gasteiger partial charge is 0.249 e. The van der Waals surface area contributed by atoms with E-state index in [1.165, 1.54) is 11.3 Å². The number of morpholine rings is 1. The summed E-state index contributed by atoms with van der Waals surface area (Å²) in [6, 6.07) is 28.9. The number of pyridine rings is 2. The second-order valence-electron chi connectivity index (χ2n) is 15.2. The van der Waals surface area contributed by atoms with Crippen LogP contribution in [-0.4, -0.2) is 110 Å². The highest BCUT2D eigenvalue weighted by Gasteiger charge is 2.31. The van der Waals surface area contributed by atoms with Gasteiger partial charge in [0.1, 0.15) is 0 Å². The van der Waals surface area contributed by atoms with E-state index in [0.717, 1.165) is 119 Å². The summed E-state index contributed by atoms with van der Waals surface area (Å²) in [4.78, 5) is 40.1. The number of likely N-dealkylation sites (N-methyl/N-ethyl adjacent to an activating group) is 1. The van der Waals surface area contributed by atoms with Crippen molar-refractivity contribution in [2.24, 2.45) is 11.8 Å². The summed E-state index contributed by atoms with van der Waals surface area (Å²) in [5, 5.41) is 14.7. The maximum absolute atomic E-state index is 12.0. The number of nitrogens with zero attached hydrogens (tertiary/aromatic N) is 9. The SMILES string of the molecule is CN1CCN(Cc2ccc(-c3cccc4nc(NC(=O)C5CC5)nn34)cc2)CC1.O=C(Nc1nc2cccc(-c3ccc(N4CCOCC4)cc3)n2n1)C1CC1. The molecule has 0 unspecified atom stereocenters. The van der Waals surface area contributed by atoms with Crippen molar-refractivity contribution in [3.63, 3.8) is 0 Å². The van der Waals surface area contributed by atoms with Gasteiger partial charge in [-0.15, -0.1) is 10.2 Å². The number of piperazine rings is 1. The molecule has 4 fully saturated rings. The molecule has 6 heterocycles. The van der Waals surface area contributed by atoms with E-state index in [-0.39, 0.29) is 23.7 Å². The Morgan fingerprint density at radius 3 is 1.64 bits per heavy atom. The molecule has 2 saturated heterocycles. The summed E-state index contributed by atoms with van der Waals surface area (Å²) in [5.74, 6) is 1.04. The molecule has 14 nitrogen and oxygen atoms in total. The standard InChI is InChI=1S/C22H26N6O.C20H21N5O2/c1-26-11-13-27(14-12-26)15-16-5-7-17(8-6-16)19-3-2-4-20-23-22(25-28(19)20)24-21(29)18-9-10-18;26-19(15-4-5-15)22-20-21-18-3-1-2-17(25(18)23-20)14-6-8-16(9-7-14)24-10-12-27-13-11-24/h2-8,18H,9-15H2,1H3,(H,24,25,29);1-3,6-9,15H,4-5,10-13H2,(H,22,23,26). The van der Waals surface area contributed by atoms with Crippen LogP contribution in [0.2, 0.25) is 0 Å². The van der Waals surface area contributed by atoms with Crippen LogP contribution in [0.1, 0.15) is 31.2 Å². The van der Waals surface area contributed by atoms with Crippen molar-refractivity contribution in [3.8, 4) is 22.5 Å². The fourth-order valence-electron chi connectivity index (χ4n) is 7.18. The van der Waals surface area contributed by atoms with Crippen LogP contribution in [0.25, 0.3) is 33.8 Å². The van der Waals surface area contributed by atoms with E-state index in [4.69, 9.17) is 4.74 Å². The summed E-state index contributed by atoms with van der Waals surface area (Å²) >= 11 is 0. The molecule has 0 atom stereocenters. The molecule has 4 aliphatic rings. The lowest BCUT2D eigenvalue weighted by Crippen LogP contribution is -2.43. The number of ether oxygens (including phenoxy) is 1. The van der Waals surface area contributed by atoms with Crippen LogP contribution in [0.5, 0.6) is 0 Å². The third-order valence-electron chi connectivity index (χ3n) is 10.9. The minimum Gasteiger partial charge on any atom is -0.378 e. The Labute approximate surface area is 325 Å². The average molecular weight is 754 g/mol. The Balaban J connectivity index is 0.000000147. The summed E-state index contributed by atoms with van der Waals surface area (Å²) in [7, 11) is 2.18. The van der Waals surface area contributed by atoms with E-state index in [1.807, 2.05) is 36.4 Å². The van der Waals surface area contributed by atoms with Crippen LogP contribution in [0.4, 0.5) is 17.6 Å². The van der Waals surface area contributed by atoms with E-state index < -0.39 is 0 Å². The predicted molar refractivity (Wildman–Crippen MR) is 215 cm³/mol. The first-order valence-electron chi connectivity index (χ1n) is 19.7. The van der Waals surface area contributed by atoms with Gasteiger partial charge in [-0.2, -0.15) is 9.97 Å². The average Bonchev–Trinajstić information content (AvgIpc) is 4.17. The second kappa shape index (κ2) is 15.8. The highest BCUT2D eigenvalue weighted by molar-refractivity contribution is 5.93. The van der Waals surface area contributed by atoms with Crippen molar-refractivity contribution in [3.05, 3.63) is 90.5 Å². The molecule has 2 N–H and O–H groups in total. The van der Waals surface area contributed by atoms with E-state index in [0.29, 0.717) is 11.9 Å². The van der Waals surface area contributed by atoms with Crippen LogP contribution in [0, 0.1) is 11.8 Å². The summed E-state index contributed by atoms with van der Waals surface area (Å²) in [5.41, 5.74) is 8.02. The summed E-state index contributed by atoms with van der Waals surface area (Å²) < 4.78 is 9.01. The van der Waals surface area contributed by atoms with Gasteiger partial charge in [-0.05, 0) is 74.7 Å². The monoisotopic (exact) mass is 753 g/mol. The van der Waals surface area contributed by atoms with E-state index in [9.17, 15) is 9.59 Å². The molecule has 2 amide bonds. The largest absolute Gasteiger partial charge is 0.378 e. The minimum atomic E-state index is 0.0160. The number of fused-ring (bicyclic) bond motifs is 2. The van der Waals surface area contributed by atoms with Crippen LogP contribution in [0.3, 0.4) is 0 Å². The van der Waals surface area contributed by atoms with Crippen molar-refractivity contribution in [2.75, 3.05) is 75.1 Å². The molecule has 2 aromatic carbocycles. The normalized spacial score (nSPS) is 17.8. The van der Waals surface area contributed by atoms with Crippen LogP contribution < -0.4 is 15.5 Å². The van der Waals surface area contributed by atoms with Gasteiger partial charge in [-0.3, -0.25) is 25.1 Å². The molecule has 14 heteroatoms. The van der Waals surface area contributed by atoms with Gasteiger partial charge in [0.25, 0.3) is 0 Å². The zero-order valence-corrected chi connectivity index (χ0v) is 31.7. The van der Waals surface area contributed by atoms with Crippen LogP contribution >= 0.6 is 0 Å². The molecular weight excluding hydrogens is 707 g/mol. The molecule has 10 rings (SSSR count). The number of aromatic nitrogens is 6. The van der Waals surface area contributed by atoms with Crippen LogP contribution in [-0.2, 0) is 20.9 Å². The third-order valence-corrected chi connectivity index (χ3v) is 10.9. The zero-order chi connectivity index (χ0) is 38.0. The quantitative estimate of drug-likeness (QED) is 0.206. The van der Waals surface area contributed by atoms with Gasteiger partial charge in [0.05, 0.1) is 24.6 Å². The third kappa shape index (κ3) is 8.27. The molecule has 0 spiro atoms. The number of carbonyl (C=O) groups excluding carboxylic acids is 2. The van der Waals surface area contributed by atoms with Gasteiger partial charge in [-0.1, -0.05) is 48.5 Å². The first-order chi connectivity index (χ1) is 27.4. The van der Waals surface area contributed by atoms with Gasteiger partial charge in [0.2, 0.25) is 23.7 Å². The molecular formula is C42H47N11O3. The van der Waals surface area contributed by atoms with Crippen molar-refractivity contribution >= 4 is 40.7 Å². The number of nitrogens with one attached hydrogen (secondary N) is 2. The van der Waals surface area contributed by atoms with Gasteiger partial charge in [0, 0.05) is 74.5 Å². The van der Waals surface area contributed by atoms with Gasteiger partial charge >= 0.3 is 0 Å². The molecule has 2 aliphatic heterocycles. The lowest BCUT2D eigenvalue weighted by atomic mass is 10.1. The lowest BCUT2D eigenvalue weighted by molar-refractivity contribution is -0.118. The number of benzene rings is 2. The Hall–Kier alpha value is -5.70. The Kier molecular flexibility index (Phi) is 10.2. The molecule has 288 valence electrons. The molecule has 6 aromatic rings. The van der Waals surface area contributed by atoms with E-state index in [1.54, 1.807) is 9.03 Å². The maximum Gasteiger partial charge on any atom is 0.249 e. The topological polar surface area (TPSA) is 138 Å². The highest BCUT2D eigenvalue weighted by atomic mass is 16.5. The molecule has 0 bridgehead atoms. The summed E-state index contributed by atoms with van der Waals surface area (Å²) in [6.07, 6.45) is 3.84. The predicted octanol–water partition coefficient (Wildman–Crippen LogP) is 5.07. The van der Waals surface area contributed by atoms with Crippen molar-refractivity contribution in [1.82, 2.24) is 39.0 Å². The lowest BCUT2D eigenvalue weighted by Gasteiger charge is -2.32. The van der Waals surface area contributed by atoms with Crippen LogP contribution in [0.15, 0.2) is 84.9 Å². The first kappa shape index (κ1) is 36.0. The van der Waals surface area contributed by atoms with E-state index >= 15 is 0 Å².